The molecule has 0 fully saturated rings. The van der Waals surface area contributed by atoms with Crippen molar-refractivity contribution in [3.8, 4) is 0 Å². The molecular weight excluding hydrogens is 364 g/mol. The maximum absolute atomic E-state index is 6.28. The number of unbranched alkanes of at least 4 members (excludes halogenated alkanes) is 1. The van der Waals surface area contributed by atoms with Crippen molar-refractivity contribution in [3.63, 3.8) is 0 Å². The summed E-state index contributed by atoms with van der Waals surface area (Å²) < 4.78 is 8.92. The minimum absolute atomic E-state index is 0.162. The van der Waals surface area contributed by atoms with Gasteiger partial charge in [-0.05, 0) is 0 Å². The predicted octanol–water partition coefficient (Wildman–Crippen LogP) is 5.07. The van der Waals surface area contributed by atoms with Gasteiger partial charge in [-0.25, -0.2) is 0 Å². The predicted molar refractivity (Wildman–Crippen MR) is 89.1 cm³/mol. The van der Waals surface area contributed by atoms with Gasteiger partial charge in [-0.1, -0.05) is 0 Å². The summed E-state index contributed by atoms with van der Waals surface area (Å²) in [7, 11) is -1.48. The van der Waals surface area contributed by atoms with E-state index in [0.29, 0.717) is 0 Å². The van der Waals surface area contributed by atoms with Gasteiger partial charge in [-0.15, -0.1) is 0 Å². The van der Waals surface area contributed by atoms with Crippen LogP contribution in [0, 0.1) is 6.92 Å². The van der Waals surface area contributed by atoms with Gasteiger partial charge < -0.3 is 0 Å². The number of rotatable bonds is 7. The maximum atomic E-state index is 6.28. The van der Waals surface area contributed by atoms with Crippen molar-refractivity contribution in [2.24, 2.45) is 0 Å². The van der Waals surface area contributed by atoms with Gasteiger partial charge in [0, 0.05) is 0 Å². The van der Waals surface area contributed by atoms with Gasteiger partial charge in [0.15, 0.2) is 0 Å². The first-order chi connectivity index (χ1) is 8.90. The second-order valence-electron chi connectivity index (χ2n) is 5.79. The van der Waals surface area contributed by atoms with E-state index in [4.69, 9.17) is 4.43 Å². The zero-order valence-corrected chi connectivity index (χ0v) is 16.2. The molecule has 19 heavy (non-hydrogen) atoms. The van der Waals surface area contributed by atoms with Crippen LogP contribution in [0.3, 0.4) is 0 Å². The van der Waals surface area contributed by atoms with Crippen molar-refractivity contribution < 1.29 is 4.43 Å². The van der Waals surface area contributed by atoms with E-state index in [-0.39, 0.29) is 20.9 Å². The summed E-state index contributed by atoms with van der Waals surface area (Å²) in [6.07, 6.45) is 4.90. The molecule has 0 atom stereocenters. The molecule has 1 aromatic rings. The Kier molecular flexibility index (Phi) is 7.21. The zero-order valence-electron chi connectivity index (χ0n) is 12.8. The third kappa shape index (κ3) is 7.82. The van der Waals surface area contributed by atoms with Crippen molar-refractivity contribution in [1.29, 1.82) is 0 Å². The molecule has 0 heterocycles. The first-order valence-corrected chi connectivity index (χ1v) is 13.2. The standard InChI is InChI=1S/C16H26OSiTe/c1-6-7-12-19-16(17-18(3,4)5)13-15-10-8-14(2)9-11-15/h8-11,13H,6-7,12H2,1-5H3/b16-13-. The SMILES string of the molecule is CCCC[Te]/C(=C\c1ccc(C)cc1)O[Si](C)(C)C. The summed E-state index contributed by atoms with van der Waals surface area (Å²) in [5, 5.41) is 0. The van der Waals surface area contributed by atoms with Gasteiger partial charge in [0.2, 0.25) is 0 Å². The Balaban J connectivity index is 2.78. The molecule has 0 aromatic heterocycles. The molecule has 106 valence electrons. The molecule has 0 N–H and O–H groups in total. The minimum atomic E-state index is -1.48. The molecule has 3 heteroatoms. The Bertz CT molecular complexity index is 404. The quantitative estimate of drug-likeness (QED) is 0.359. The monoisotopic (exact) mass is 392 g/mol. The van der Waals surface area contributed by atoms with E-state index in [9.17, 15) is 0 Å². The molecule has 0 unspecified atom stereocenters. The third-order valence-corrected chi connectivity index (χ3v) is 6.59. The van der Waals surface area contributed by atoms with Gasteiger partial charge in [0.1, 0.15) is 0 Å². The van der Waals surface area contributed by atoms with Crippen molar-refractivity contribution >= 4 is 35.3 Å². The van der Waals surface area contributed by atoms with Crippen LogP contribution in [0.5, 0.6) is 0 Å². The van der Waals surface area contributed by atoms with Crippen LogP contribution in [-0.2, 0) is 4.43 Å². The van der Waals surface area contributed by atoms with Crippen LogP contribution in [0.2, 0.25) is 24.1 Å². The van der Waals surface area contributed by atoms with Crippen LogP contribution in [-0.4, -0.2) is 29.2 Å². The molecule has 0 radical (unpaired) electrons. The van der Waals surface area contributed by atoms with E-state index in [0.717, 1.165) is 0 Å². The van der Waals surface area contributed by atoms with E-state index in [2.05, 4.69) is 63.8 Å². The summed E-state index contributed by atoms with van der Waals surface area (Å²) in [5.41, 5.74) is 2.59. The molecule has 1 rings (SSSR count). The molecule has 0 aliphatic carbocycles. The average molecular weight is 390 g/mol. The van der Waals surface area contributed by atoms with Gasteiger partial charge in [-0.3, -0.25) is 0 Å². The van der Waals surface area contributed by atoms with Crippen LogP contribution in [0.25, 0.3) is 6.08 Å². The van der Waals surface area contributed by atoms with Crippen molar-refractivity contribution in [1.82, 2.24) is 0 Å². The number of aryl methyl sites for hydroxylation is 1. The van der Waals surface area contributed by atoms with Crippen molar-refractivity contribution in [2.45, 2.75) is 50.8 Å². The summed E-state index contributed by atoms with van der Waals surface area (Å²) in [5.74, 6) is 0. The Morgan fingerprint density at radius 1 is 1.21 bits per heavy atom. The summed E-state index contributed by atoms with van der Waals surface area (Å²) in [6.45, 7) is 11.2. The summed E-state index contributed by atoms with van der Waals surface area (Å²) >= 11 is -0.162. The molecule has 0 saturated carbocycles. The Morgan fingerprint density at radius 3 is 2.37 bits per heavy atom. The Labute approximate surface area is 129 Å². The molecule has 0 aliphatic rings. The third-order valence-electron chi connectivity index (χ3n) is 2.51. The van der Waals surface area contributed by atoms with Crippen LogP contribution in [0.15, 0.2) is 28.1 Å². The van der Waals surface area contributed by atoms with Gasteiger partial charge in [0.05, 0.1) is 0 Å². The number of hydrogen-bond acceptors (Lipinski definition) is 1. The number of hydrogen-bond donors (Lipinski definition) is 0. The Morgan fingerprint density at radius 2 is 1.84 bits per heavy atom. The summed E-state index contributed by atoms with van der Waals surface area (Å²) in [6, 6.07) is 8.72. The van der Waals surface area contributed by atoms with Gasteiger partial charge in [0.25, 0.3) is 0 Å². The molecular formula is C16H26OSiTe. The van der Waals surface area contributed by atoms with E-state index in [1.54, 1.807) is 0 Å². The van der Waals surface area contributed by atoms with Crippen LogP contribution >= 0.6 is 0 Å². The molecule has 1 aromatic carbocycles. The molecule has 0 amide bonds. The second-order valence-corrected chi connectivity index (χ2v) is 13.4. The number of benzene rings is 1. The fourth-order valence-electron chi connectivity index (χ4n) is 1.52. The van der Waals surface area contributed by atoms with Crippen LogP contribution in [0.4, 0.5) is 0 Å². The molecule has 0 bridgehead atoms. The van der Waals surface area contributed by atoms with Gasteiger partial charge >= 0.3 is 130 Å². The van der Waals surface area contributed by atoms with Crippen molar-refractivity contribution in [3.05, 3.63) is 39.2 Å². The van der Waals surface area contributed by atoms with Crippen molar-refractivity contribution in [2.75, 3.05) is 0 Å². The van der Waals surface area contributed by atoms with Crippen LogP contribution in [0.1, 0.15) is 30.9 Å². The summed E-state index contributed by atoms with van der Waals surface area (Å²) in [4.78, 5) is 0. The first-order valence-electron chi connectivity index (χ1n) is 7.01. The topological polar surface area (TPSA) is 9.23 Å². The molecule has 0 saturated heterocycles. The second kappa shape index (κ2) is 8.14. The van der Waals surface area contributed by atoms with E-state index < -0.39 is 8.32 Å². The fraction of sp³-hybridized carbons (Fsp3) is 0.500. The van der Waals surface area contributed by atoms with Gasteiger partial charge in [-0.2, -0.15) is 0 Å². The first kappa shape index (κ1) is 16.8. The molecule has 0 aliphatic heterocycles. The normalized spacial score (nSPS) is 12.6. The Hall–Kier alpha value is -0.234. The zero-order chi connectivity index (χ0) is 14.3. The van der Waals surface area contributed by atoms with E-state index in [1.807, 2.05) is 0 Å². The average Bonchev–Trinajstić information content (AvgIpc) is 2.30. The fourth-order valence-corrected chi connectivity index (χ4v) is 7.32. The molecule has 1 nitrogen and oxygen atoms in total. The van der Waals surface area contributed by atoms with E-state index >= 15 is 0 Å². The van der Waals surface area contributed by atoms with Crippen LogP contribution < -0.4 is 0 Å². The van der Waals surface area contributed by atoms with E-state index in [1.165, 1.54) is 32.2 Å². The molecule has 0 spiro atoms.